The van der Waals surface area contributed by atoms with E-state index in [0.717, 1.165) is 31.7 Å². The minimum Gasteiger partial charge on any atom is -0.480 e. The third-order valence-electron chi connectivity index (χ3n) is 5.70. The highest BCUT2D eigenvalue weighted by Crippen LogP contribution is 2.40. The molecule has 1 aromatic rings. The van der Waals surface area contributed by atoms with Crippen LogP contribution in [0.3, 0.4) is 0 Å². The van der Waals surface area contributed by atoms with Crippen LogP contribution in [0, 0.1) is 17.7 Å². The Labute approximate surface area is 152 Å². The zero-order valence-corrected chi connectivity index (χ0v) is 14.9. The summed E-state index contributed by atoms with van der Waals surface area (Å²) in [5.41, 5.74) is 0.233. The van der Waals surface area contributed by atoms with Gasteiger partial charge in [-0.15, -0.1) is 0 Å². The highest BCUT2D eigenvalue weighted by Gasteiger charge is 2.47. The van der Waals surface area contributed by atoms with Gasteiger partial charge in [-0.3, -0.25) is 9.59 Å². The van der Waals surface area contributed by atoms with E-state index in [-0.39, 0.29) is 35.6 Å². The summed E-state index contributed by atoms with van der Waals surface area (Å²) in [6, 6.07) is 4.58. The summed E-state index contributed by atoms with van der Waals surface area (Å²) in [6.07, 6.45) is 4.29. The lowest BCUT2D eigenvalue weighted by molar-refractivity contribution is -0.150. The summed E-state index contributed by atoms with van der Waals surface area (Å²) in [7, 11) is 0. The molecule has 26 heavy (non-hydrogen) atoms. The van der Waals surface area contributed by atoms with Gasteiger partial charge < -0.3 is 10.0 Å². The quantitative estimate of drug-likeness (QED) is 0.817. The first-order valence-electron chi connectivity index (χ1n) is 9.22. The molecule has 1 N–H and O–H groups in total. The Balaban J connectivity index is 1.72. The monoisotopic (exact) mass is 361 g/mol. The lowest BCUT2D eigenvalue weighted by Gasteiger charge is -2.33. The number of hydrogen-bond donors (Lipinski definition) is 1. The number of carbonyl (C=O) groups excluding carboxylic acids is 2. The predicted molar refractivity (Wildman–Crippen MR) is 93.1 cm³/mol. The molecule has 1 heterocycles. The maximum atomic E-state index is 13.3. The summed E-state index contributed by atoms with van der Waals surface area (Å²) >= 11 is 0. The molecule has 0 radical (unpaired) electrons. The van der Waals surface area contributed by atoms with Crippen molar-refractivity contribution in [1.29, 1.82) is 0 Å². The molecule has 3 rings (SSSR count). The van der Waals surface area contributed by atoms with Crippen LogP contribution in [0.15, 0.2) is 24.3 Å². The van der Waals surface area contributed by atoms with E-state index in [1.807, 2.05) is 0 Å². The van der Waals surface area contributed by atoms with Crippen molar-refractivity contribution < 1.29 is 23.9 Å². The molecule has 1 saturated carbocycles. The fourth-order valence-corrected chi connectivity index (χ4v) is 4.43. The van der Waals surface area contributed by atoms with Crippen molar-refractivity contribution in [3.63, 3.8) is 0 Å². The molecule has 140 valence electrons. The second-order valence-electron chi connectivity index (χ2n) is 7.48. The number of halogens is 1. The molecule has 4 unspecified atom stereocenters. The van der Waals surface area contributed by atoms with Crippen molar-refractivity contribution in [2.75, 3.05) is 0 Å². The first kappa shape index (κ1) is 18.5. The molecule has 0 aromatic heterocycles. The normalized spacial score (nSPS) is 26.2. The summed E-state index contributed by atoms with van der Waals surface area (Å²) in [5, 5.41) is 9.53. The molecule has 5 nitrogen and oxygen atoms in total. The summed E-state index contributed by atoms with van der Waals surface area (Å²) in [5.74, 6) is -2.45. The van der Waals surface area contributed by atoms with E-state index in [1.165, 1.54) is 23.1 Å². The number of benzene rings is 1. The third-order valence-corrected chi connectivity index (χ3v) is 5.70. The highest BCUT2D eigenvalue weighted by molar-refractivity contribution is 6.00. The number of carboxylic acids is 1. The van der Waals surface area contributed by atoms with Gasteiger partial charge in [-0.25, -0.2) is 9.18 Å². The first-order valence-corrected chi connectivity index (χ1v) is 9.22. The second-order valence-corrected chi connectivity index (χ2v) is 7.48. The molecule has 1 aliphatic carbocycles. The standard InChI is InChI=1S/C20H24FNO4/c1-12(19(24)14-6-4-7-15(21)10-14)9-18(23)22-16-8-3-2-5-13(16)11-17(22)20(25)26/h4,6-7,10,12-13,16-17H,2-3,5,8-9,11H2,1H3,(H,25,26). The number of carbonyl (C=O) groups is 3. The van der Waals surface area contributed by atoms with E-state index in [2.05, 4.69) is 0 Å². The summed E-state index contributed by atoms with van der Waals surface area (Å²) < 4.78 is 13.3. The zero-order chi connectivity index (χ0) is 18.8. The average Bonchev–Trinajstić information content (AvgIpc) is 3.01. The number of likely N-dealkylation sites (tertiary alicyclic amines) is 1. The lowest BCUT2D eigenvalue weighted by atomic mass is 9.84. The van der Waals surface area contributed by atoms with E-state index >= 15 is 0 Å². The third kappa shape index (κ3) is 3.64. The molecule has 0 bridgehead atoms. The summed E-state index contributed by atoms with van der Waals surface area (Å²) in [4.78, 5) is 38.5. The molecule has 1 saturated heterocycles. The van der Waals surface area contributed by atoms with E-state index < -0.39 is 23.7 Å². The van der Waals surface area contributed by atoms with E-state index in [9.17, 15) is 23.9 Å². The number of aliphatic carboxylic acids is 1. The Bertz CT molecular complexity index is 720. The van der Waals surface area contributed by atoms with E-state index in [1.54, 1.807) is 6.92 Å². The topological polar surface area (TPSA) is 74.7 Å². The van der Waals surface area contributed by atoms with Gasteiger partial charge in [0, 0.05) is 23.9 Å². The fourth-order valence-electron chi connectivity index (χ4n) is 4.43. The number of carboxylic acid groups (broad SMARTS) is 1. The number of amides is 1. The van der Waals surface area contributed by atoms with Gasteiger partial charge in [-0.2, -0.15) is 0 Å². The predicted octanol–water partition coefficient (Wildman–Crippen LogP) is 3.28. The van der Waals surface area contributed by atoms with Crippen LogP contribution >= 0.6 is 0 Å². The van der Waals surface area contributed by atoms with Crippen molar-refractivity contribution in [3.05, 3.63) is 35.6 Å². The first-order chi connectivity index (χ1) is 12.4. The minimum absolute atomic E-state index is 0.0335. The van der Waals surface area contributed by atoms with Crippen LogP contribution in [-0.4, -0.2) is 39.7 Å². The van der Waals surface area contributed by atoms with Gasteiger partial charge >= 0.3 is 5.97 Å². The van der Waals surface area contributed by atoms with E-state index in [4.69, 9.17) is 0 Å². The van der Waals surface area contributed by atoms with Crippen molar-refractivity contribution >= 4 is 17.7 Å². The molecule has 1 aliphatic heterocycles. The molecule has 2 aliphatic rings. The van der Waals surface area contributed by atoms with Crippen molar-refractivity contribution in [3.8, 4) is 0 Å². The SMILES string of the molecule is CC(CC(=O)N1C(C(=O)O)CC2CCCCC21)C(=O)c1cccc(F)c1. The van der Waals surface area contributed by atoms with Crippen molar-refractivity contribution in [2.24, 2.45) is 11.8 Å². The Morgan fingerprint density at radius 2 is 2.00 bits per heavy atom. The molecule has 1 amide bonds. The average molecular weight is 361 g/mol. The van der Waals surface area contributed by atoms with Gasteiger partial charge in [0.25, 0.3) is 0 Å². The van der Waals surface area contributed by atoms with Gasteiger partial charge in [0.1, 0.15) is 11.9 Å². The van der Waals surface area contributed by atoms with Gasteiger partial charge in [0.15, 0.2) is 5.78 Å². The number of nitrogens with zero attached hydrogens (tertiary/aromatic N) is 1. The molecule has 2 fully saturated rings. The maximum Gasteiger partial charge on any atom is 0.326 e. The Morgan fingerprint density at radius 3 is 2.69 bits per heavy atom. The van der Waals surface area contributed by atoms with Gasteiger partial charge in [0.05, 0.1) is 0 Å². The smallest absolute Gasteiger partial charge is 0.326 e. The molecule has 0 spiro atoms. The molecular weight excluding hydrogens is 337 g/mol. The number of fused-ring (bicyclic) bond motifs is 1. The number of ketones is 1. The van der Waals surface area contributed by atoms with Gasteiger partial charge in [-0.05, 0) is 37.3 Å². The van der Waals surface area contributed by atoms with E-state index in [0.29, 0.717) is 6.42 Å². The highest BCUT2D eigenvalue weighted by atomic mass is 19.1. The van der Waals surface area contributed by atoms with Crippen molar-refractivity contribution in [2.45, 2.75) is 57.5 Å². The van der Waals surface area contributed by atoms with Crippen LogP contribution < -0.4 is 0 Å². The Kier molecular flexibility index (Phi) is 5.39. The van der Waals surface area contributed by atoms with Crippen LogP contribution in [0.1, 0.15) is 55.8 Å². The molecular formula is C20H24FNO4. The van der Waals surface area contributed by atoms with Gasteiger partial charge in [0.2, 0.25) is 5.91 Å². The van der Waals surface area contributed by atoms with Crippen LogP contribution in [0.25, 0.3) is 0 Å². The zero-order valence-electron chi connectivity index (χ0n) is 14.9. The molecule has 6 heteroatoms. The maximum absolute atomic E-state index is 13.3. The number of rotatable bonds is 5. The molecule has 4 atom stereocenters. The van der Waals surface area contributed by atoms with Crippen molar-refractivity contribution in [1.82, 2.24) is 4.90 Å². The largest absolute Gasteiger partial charge is 0.480 e. The Morgan fingerprint density at radius 1 is 1.27 bits per heavy atom. The van der Waals surface area contributed by atoms with Crippen LogP contribution in [-0.2, 0) is 9.59 Å². The van der Waals surface area contributed by atoms with Gasteiger partial charge in [-0.1, -0.05) is 31.9 Å². The van der Waals surface area contributed by atoms with Crippen LogP contribution in [0.4, 0.5) is 4.39 Å². The summed E-state index contributed by atoms with van der Waals surface area (Å²) in [6.45, 7) is 1.63. The number of hydrogen-bond acceptors (Lipinski definition) is 3. The molecule has 1 aromatic carbocycles. The second kappa shape index (κ2) is 7.56. The minimum atomic E-state index is -0.975. The Hall–Kier alpha value is -2.24. The lowest BCUT2D eigenvalue weighted by Crippen LogP contribution is -2.46. The van der Waals surface area contributed by atoms with Crippen LogP contribution in [0.5, 0.6) is 0 Å². The fraction of sp³-hybridized carbons (Fsp3) is 0.550. The van der Waals surface area contributed by atoms with Crippen LogP contribution in [0.2, 0.25) is 0 Å². The number of Topliss-reactive ketones (excluding diaryl/α,β-unsaturated/α-hetero) is 1.